The standard InChI is InChI=1S/C37H56N6O11/c1-11-15-27(31(46)50-9)40-29(44)26(39-30(45)28(41-33(47)51-10)23-24-17-19-25(20-18-24)52-22-12-2)16-13-14-21-38-32(42-34(48)53-36(3,4)5)43-35(49)54-37(6,7)8/h11-12,17-20,26-28H,1-2,13-16,21-23H2,3-10H3,(H,39,45)(H,40,44)(H,41,47)(H2,38,42,43,48,49)/t26-,27-,28-/m0/s1. The predicted octanol–water partition coefficient (Wildman–Crippen LogP) is 3.81. The Morgan fingerprint density at radius 1 is 0.722 bits per heavy atom. The Morgan fingerprint density at radius 3 is 1.78 bits per heavy atom. The maximum Gasteiger partial charge on any atom is 0.414 e. The number of guanidine groups is 1. The molecule has 17 heteroatoms. The first-order chi connectivity index (χ1) is 25.3. The highest BCUT2D eigenvalue weighted by molar-refractivity contribution is 6.01. The number of nitrogens with zero attached hydrogens (tertiary/aromatic N) is 1. The third kappa shape index (κ3) is 19.8. The average Bonchev–Trinajstić information content (AvgIpc) is 3.07. The van der Waals surface area contributed by atoms with Gasteiger partial charge in [-0.25, -0.2) is 19.2 Å². The molecule has 0 aliphatic rings. The summed E-state index contributed by atoms with van der Waals surface area (Å²) in [7, 11) is 2.33. The maximum atomic E-state index is 13.7. The highest BCUT2D eigenvalue weighted by atomic mass is 16.6. The zero-order chi connectivity index (χ0) is 40.9. The number of ether oxygens (including phenoxy) is 5. The maximum absolute atomic E-state index is 13.7. The van der Waals surface area contributed by atoms with Gasteiger partial charge in [0.2, 0.25) is 17.8 Å². The second-order valence-electron chi connectivity index (χ2n) is 13.8. The zero-order valence-corrected chi connectivity index (χ0v) is 32.5. The van der Waals surface area contributed by atoms with Crippen LogP contribution >= 0.6 is 0 Å². The number of amides is 5. The molecule has 1 rings (SSSR count). The average molecular weight is 761 g/mol. The minimum Gasteiger partial charge on any atom is -0.490 e. The smallest absolute Gasteiger partial charge is 0.414 e. The van der Waals surface area contributed by atoms with Crippen LogP contribution in [0.5, 0.6) is 5.75 Å². The van der Waals surface area contributed by atoms with Gasteiger partial charge >= 0.3 is 24.2 Å². The van der Waals surface area contributed by atoms with Crippen molar-refractivity contribution in [3.63, 3.8) is 0 Å². The molecule has 0 fully saturated rings. The lowest BCUT2D eigenvalue weighted by atomic mass is 10.0. The van der Waals surface area contributed by atoms with Gasteiger partial charge in [0.15, 0.2) is 0 Å². The van der Waals surface area contributed by atoms with E-state index in [4.69, 9.17) is 23.7 Å². The van der Waals surface area contributed by atoms with Crippen molar-refractivity contribution in [2.75, 3.05) is 27.4 Å². The van der Waals surface area contributed by atoms with E-state index in [0.717, 1.165) is 7.11 Å². The van der Waals surface area contributed by atoms with Crippen LogP contribution in [0.25, 0.3) is 0 Å². The lowest BCUT2D eigenvalue weighted by molar-refractivity contribution is -0.145. The van der Waals surface area contributed by atoms with Gasteiger partial charge in [0, 0.05) is 13.0 Å². The summed E-state index contributed by atoms with van der Waals surface area (Å²) in [5.41, 5.74) is -0.977. The van der Waals surface area contributed by atoms with E-state index < -0.39 is 65.4 Å². The third-order valence-corrected chi connectivity index (χ3v) is 6.77. The van der Waals surface area contributed by atoms with Crippen LogP contribution in [0.15, 0.2) is 54.6 Å². The Hall–Kier alpha value is -5.61. The molecule has 300 valence electrons. The highest BCUT2D eigenvalue weighted by Gasteiger charge is 2.30. The Kier molecular flexibility index (Phi) is 19.9. The number of hydrogen-bond donors (Lipinski definition) is 5. The molecule has 0 unspecified atom stereocenters. The van der Waals surface area contributed by atoms with Gasteiger partial charge in [-0.3, -0.25) is 25.2 Å². The summed E-state index contributed by atoms with van der Waals surface area (Å²) in [4.78, 5) is 81.0. The molecular weight excluding hydrogens is 704 g/mol. The number of carbonyl (C=O) groups is 6. The van der Waals surface area contributed by atoms with Crippen LogP contribution in [-0.2, 0) is 39.8 Å². The van der Waals surface area contributed by atoms with E-state index in [1.807, 2.05) is 0 Å². The Balaban J connectivity index is 3.24. The van der Waals surface area contributed by atoms with E-state index in [2.05, 4.69) is 44.7 Å². The van der Waals surface area contributed by atoms with Crippen LogP contribution in [0, 0.1) is 0 Å². The molecular formula is C37H56N6O11. The second kappa shape index (κ2) is 23.1. The molecule has 0 aliphatic carbocycles. The first-order valence-corrected chi connectivity index (χ1v) is 17.3. The van der Waals surface area contributed by atoms with Crippen molar-refractivity contribution in [1.29, 1.82) is 0 Å². The Labute approximate surface area is 317 Å². The van der Waals surface area contributed by atoms with Crippen molar-refractivity contribution < 1.29 is 52.5 Å². The summed E-state index contributed by atoms with van der Waals surface area (Å²) >= 11 is 0. The monoisotopic (exact) mass is 760 g/mol. The number of hydrogen-bond acceptors (Lipinski definition) is 12. The minimum atomic E-state index is -1.19. The molecule has 17 nitrogen and oxygen atoms in total. The van der Waals surface area contributed by atoms with Crippen molar-refractivity contribution in [3.05, 3.63) is 55.1 Å². The van der Waals surface area contributed by atoms with E-state index in [9.17, 15) is 28.8 Å². The Morgan fingerprint density at radius 2 is 1.28 bits per heavy atom. The number of esters is 1. The first-order valence-electron chi connectivity index (χ1n) is 17.3. The van der Waals surface area contributed by atoms with Crippen LogP contribution < -0.4 is 31.3 Å². The fourth-order valence-corrected chi connectivity index (χ4v) is 4.42. The lowest BCUT2D eigenvalue weighted by Gasteiger charge is -2.24. The quantitative estimate of drug-likeness (QED) is 0.0362. The van der Waals surface area contributed by atoms with Crippen LogP contribution in [-0.4, -0.2) is 98.7 Å². The number of methoxy groups -OCH3 is 2. The minimum absolute atomic E-state index is 0.0328. The molecule has 0 aromatic heterocycles. The van der Waals surface area contributed by atoms with Gasteiger partial charge in [-0.1, -0.05) is 30.9 Å². The molecule has 0 saturated carbocycles. The molecule has 3 atom stereocenters. The molecule has 1 aromatic carbocycles. The topological polar surface area (TPSA) is 221 Å². The van der Waals surface area contributed by atoms with Gasteiger partial charge in [0.1, 0.15) is 41.7 Å². The van der Waals surface area contributed by atoms with E-state index >= 15 is 0 Å². The molecule has 0 heterocycles. The van der Waals surface area contributed by atoms with Crippen molar-refractivity contribution in [1.82, 2.24) is 26.6 Å². The van der Waals surface area contributed by atoms with Crippen LogP contribution in [0.1, 0.15) is 72.8 Å². The summed E-state index contributed by atoms with van der Waals surface area (Å²) in [6, 6.07) is 3.43. The lowest BCUT2D eigenvalue weighted by Crippen LogP contribution is -2.56. The number of carbonyl (C=O) groups excluding carboxylic acids is 6. The molecule has 0 aliphatic heterocycles. The number of unbranched alkanes of at least 4 members (excludes halogenated alkanes) is 1. The number of rotatable bonds is 18. The normalized spacial score (nSPS) is 12.6. The largest absolute Gasteiger partial charge is 0.490 e. The summed E-state index contributed by atoms with van der Waals surface area (Å²) in [6.45, 7) is 17.6. The first kappa shape index (κ1) is 46.4. The molecule has 0 saturated heterocycles. The van der Waals surface area contributed by atoms with Gasteiger partial charge in [-0.15, -0.1) is 6.58 Å². The van der Waals surface area contributed by atoms with Crippen molar-refractivity contribution >= 4 is 42.0 Å². The van der Waals surface area contributed by atoms with E-state index in [-0.39, 0.29) is 31.8 Å². The van der Waals surface area contributed by atoms with E-state index in [0.29, 0.717) is 30.8 Å². The SMILES string of the molecule is C=CCOc1ccc(C[C@H](NC(=O)OC)C(=O)N[C@@H](CCCCN=C(NC(=O)OC(C)(C)C)NC(=O)OC(C)(C)C)C(=O)N[C@@H](CC=C)C(=O)OC)cc1. The fraction of sp³-hybridized carbons (Fsp3) is 0.541. The summed E-state index contributed by atoms with van der Waals surface area (Å²) < 4.78 is 25.6. The molecule has 54 heavy (non-hydrogen) atoms. The van der Waals surface area contributed by atoms with Crippen LogP contribution in [0.4, 0.5) is 14.4 Å². The van der Waals surface area contributed by atoms with Gasteiger partial charge in [0.25, 0.3) is 0 Å². The molecule has 0 bridgehead atoms. The van der Waals surface area contributed by atoms with Gasteiger partial charge in [0.05, 0.1) is 14.2 Å². The van der Waals surface area contributed by atoms with E-state index in [1.165, 1.54) is 13.2 Å². The molecule has 5 N–H and O–H groups in total. The highest BCUT2D eigenvalue weighted by Crippen LogP contribution is 2.15. The predicted molar refractivity (Wildman–Crippen MR) is 201 cm³/mol. The summed E-state index contributed by atoms with van der Waals surface area (Å²) in [5.74, 6) is -1.74. The van der Waals surface area contributed by atoms with Crippen molar-refractivity contribution in [3.8, 4) is 5.75 Å². The molecule has 1 aromatic rings. The van der Waals surface area contributed by atoms with Gasteiger partial charge < -0.3 is 39.6 Å². The Bertz CT molecular complexity index is 1430. The number of nitrogens with one attached hydrogen (secondary N) is 5. The van der Waals surface area contributed by atoms with Gasteiger partial charge in [-0.05, 0) is 84.9 Å². The summed E-state index contributed by atoms with van der Waals surface area (Å²) in [6.07, 6.45) is 1.21. The zero-order valence-electron chi connectivity index (χ0n) is 32.5. The van der Waals surface area contributed by atoms with E-state index in [1.54, 1.807) is 71.9 Å². The van der Waals surface area contributed by atoms with Crippen LogP contribution in [0.2, 0.25) is 0 Å². The molecule has 5 amide bonds. The summed E-state index contributed by atoms with van der Waals surface area (Å²) in [5, 5.41) is 12.6. The molecule has 0 spiro atoms. The number of alkyl carbamates (subject to hydrolysis) is 3. The van der Waals surface area contributed by atoms with Gasteiger partial charge in [-0.2, -0.15) is 0 Å². The number of benzene rings is 1. The third-order valence-electron chi connectivity index (χ3n) is 6.77. The van der Waals surface area contributed by atoms with Crippen molar-refractivity contribution in [2.24, 2.45) is 4.99 Å². The molecule has 0 radical (unpaired) electrons. The van der Waals surface area contributed by atoms with Crippen LogP contribution in [0.3, 0.4) is 0 Å². The van der Waals surface area contributed by atoms with Crippen molar-refractivity contribution in [2.45, 2.75) is 103 Å². The second-order valence-corrected chi connectivity index (χ2v) is 13.8. The fourth-order valence-electron chi connectivity index (χ4n) is 4.42. The number of aliphatic imine (C=N–C) groups is 1.